The Morgan fingerprint density at radius 2 is 1.89 bits per heavy atom. The van der Waals surface area contributed by atoms with Gasteiger partial charge in [-0.2, -0.15) is 0 Å². The predicted molar refractivity (Wildman–Crippen MR) is 79.8 cm³/mol. The zero-order valence-electron chi connectivity index (χ0n) is 10.9. The van der Waals surface area contributed by atoms with Crippen LogP contribution >= 0.6 is 11.6 Å². The number of rotatable bonds is 3. The summed E-state index contributed by atoms with van der Waals surface area (Å²) in [6, 6.07) is 11.2. The SMILES string of the molecule is Cc1ccc(C2CC(Nc3cnccc3Cl)C2)cc1. The molecule has 0 amide bonds. The highest BCUT2D eigenvalue weighted by Gasteiger charge is 2.30. The van der Waals surface area contributed by atoms with E-state index in [1.165, 1.54) is 11.1 Å². The van der Waals surface area contributed by atoms with Crippen LogP contribution in [0.4, 0.5) is 5.69 Å². The summed E-state index contributed by atoms with van der Waals surface area (Å²) in [6.45, 7) is 2.12. The fourth-order valence-electron chi connectivity index (χ4n) is 2.55. The van der Waals surface area contributed by atoms with Crippen molar-refractivity contribution in [1.29, 1.82) is 0 Å². The Labute approximate surface area is 118 Å². The van der Waals surface area contributed by atoms with Crippen molar-refractivity contribution in [3.05, 3.63) is 58.9 Å². The third-order valence-corrected chi connectivity index (χ3v) is 4.14. The number of nitrogens with one attached hydrogen (secondary N) is 1. The van der Waals surface area contributed by atoms with E-state index in [1.807, 2.05) is 6.07 Å². The van der Waals surface area contributed by atoms with E-state index >= 15 is 0 Å². The summed E-state index contributed by atoms with van der Waals surface area (Å²) in [5, 5.41) is 4.21. The Morgan fingerprint density at radius 3 is 2.58 bits per heavy atom. The number of benzene rings is 1. The monoisotopic (exact) mass is 272 g/mol. The van der Waals surface area contributed by atoms with Gasteiger partial charge >= 0.3 is 0 Å². The van der Waals surface area contributed by atoms with Gasteiger partial charge in [-0.15, -0.1) is 0 Å². The molecule has 0 spiro atoms. The highest BCUT2D eigenvalue weighted by Crippen LogP contribution is 2.39. The number of aryl methyl sites for hydroxylation is 1. The fraction of sp³-hybridized carbons (Fsp3) is 0.312. The minimum Gasteiger partial charge on any atom is -0.380 e. The number of hydrogen-bond donors (Lipinski definition) is 1. The quantitative estimate of drug-likeness (QED) is 0.896. The molecule has 2 nitrogen and oxygen atoms in total. The van der Waals surface area contributed by atoms with Crippen LogP contribution in [0, 0.1) is 6.92 Å². The van der Waals surface area contributed by atoms with Gasteiger partial charge in [0, 0.05) is 12.2 Å². The molecule has 3 rings (SSSR count). The van der Waals surface area contributed by atoms with Crippen molar-refractivity contribution in [3.8, 4) is 0 Å². The summed E-state index contributed by atoms with van der Waals surface area (Å²) in [4.78, 5) is 4.10. The van der Waals surface area contributed by atoms with Crippen LogP contribution in [0.25, 0.3) is 0 Å². The molecule has 1 fully saturated rings. The molecule has 98 valence electrons. The van der Waals surface area contributed by atoms with Gasteiger partial charge in [0.25, 0.3) is 0 Å². The van der Waals surface area contributed by atoms with Gasteiger partial charge in [-0.1, -0.05) is 41.4 Å². The Bertz CT molecular complexity index is 559. The highest BCUT2D eigenvalue weighted by atomic mass is 35.5. The first-order valence-corrected chi connectivity index (χ1v) is 7.03. The molecule has 0 unspecified atom stereocenters. The summed E-state index contributed by atoms with van der Waals surface area (Å²) in [5.74, 6) is 0.675. The molecule has 1 saturated carbocycles. The van der Waals surface area contributed by atoms with E-state index in [-0.39, 0.29) is 0 Å². The lowest BCUT2D eigenvalue weighted by Crippen LogP contribution is -2.34. The zero-order valence-corrected chi connectivity index (χ0v) is 11.7. The number of hydrogen-bond acceptors (Lipinski definition) is 2. The smallest absolute Gasteiger partial charge is 0.0718 e. The van der Waals surface area contributed by atoms with Gasteiger partial charge in [0.05, 0.1) is 16.9 Å². The van der Waals surface area contributed by atoms with Crippen molar-refractivity contribution in [1.82, 2.24) is 4.98 Å². The predicted octanol–water partition coefficient (Wildman–Crippen LogP) is 4.40. The first-order valence-electron chi connectivity index (χ1n) is 6.65. The van der Waals surface area contributed by atoms with E-state index in [1.54, 1.807) is 12.4 Å². The molecule has 1 N–H and O–H groups in total. The van der Waals surface area contributed by atoms with E-state index in [4.69, 9.17) is 11.6 Å². The van der Waals surface area contributed by atoms with Gasteiger partial charge in [-0.3, -0.25) is 4.98 Å². The molecule has 1 aromatic carbocycles. The van der Waals surface area contributed by atoms with Crippen LogP contribution in [0.1, 0.15) is 29.9 Å². The van der Waals surface area contributed by atoms with E-state index in [2.05, 4.69) is 41.5 Å². The van der Waals surface area contributed by atoms with Crippen LogP contribution in [-0.4, -0.2) is 11.0 Å². The van der Waals surface area contributed by atoms with Gasteiger partial charge in [-0.05, 0) is 37.3 Å². The zero-order chi connectivity index (χ0) is 13.2. The standard InChI is InChI=1S/C16H17ClN2/c1-11-2-4-12(5-3-11)13-8-14(9-13)19-16-10-18-7-6-15(16)17/h2-7,10,13-14,19H,8-9H2,1H3. The Balaban J connectivity index is 1.58. The maximum atomic E-state index is 6.12. The molecular formula is C16H17ClN2. The van der Waals surface area contributed by atoms with Crippen molar-refractivity contribution in [2.45, 2.75) is 31.7 Å². The molecule has 0 bridgehead atoms. The topological polar surface area (TPSA) is 24.9 Å². The molecule has 2 aromatic rings. The molecule has 19 heavy (non-hydrogen) atoms. The van der Waals surface area contributed by atoms with Crippen molar-refractivity contribution < 1.29 is 0 Å². The Hall–Kier alpha value is -1.54. The van der Waals surface area contributed by atoms with E-state index in [9.17, 15) is 0 Å². The first kappa shape index (κ1) is 12.5. The molecule has 0 aliphatic heterocycles. The summed E-state index contributed by atoms with van der Waals surface area (Å²) < 4.78 is 0. The van der Waals surface area contributed by atoms with Crippen LogP contribution in [0.3, 0.4) is 0 Å². The van der Waals surface area contributed by atoms with Crippen LogP contribution in [-0.2, 0) is 0 Å². The summed E-state index contributed by atoms with van der Waals surface area (Å²) in [7, 11) is 0. The van der Waals surface area contributed by atoms with Crippen LogP contribution in [0.5, 0.6) is 0 Å². The van der Waals surface area contributed by atoms with Crippen molar-refractivity contribution in [2.75, 3.05) is 5.32 Å². The summed E-state index contributed by atoms with van der Waals surface area (Å²) in [5.41, 5.74) is 3.71. The maximum Gasteiger partial charge on any atom is 0.0718 e. The molecule has 1 aliphatic rings. The van der Waals surface area contributed by atoms with E-state index in [0.717, 1.165) is 23.6 Å². The maximum absolute atomic E-state index is 6.12. The second kappa shape index (κ2) is 5.22. The number of pyridine rings is 1. The number of anilines is 1. The first-order chi connectivity index (χ1) is 9.22. The molecule has 1 aromatic heterocycles. The Morgan fingerprint density at radius 1 is 1.16 bits per heavy atom. The van der Waals surface area contributed by atoms with Gasteiger partial charge in [0.15, 0.2) is 0 Å². The summed E-state index contributed by atoms with van der Waals surface area (Å²) in [6.07, 6.45) is 5.83. The molecule has 0 radical (unpaired) electrons. The van der Waals surface area contributed by atoms with Crippen LogP contribution in [0.15, 0.2) is 42.7 Å². The van der Waals surface area contributed by atoms with Gasteiger partial charge < -0.3 is 5.32 Å². The van der Waals surface area contributed by atoms with Crippen molar-refractivity contribution in [3.63, 3.8) is 0 Å². The van der Waals surface area contributed by atoms with E-state index < -0.39 is 0 Å². The van der Waals surface area contributed by atoms with Crippen LogP contribution < -0.4 is 5.32 Å². The summed E-state index contributed by atoms with van der Waals surface area (Å²) >= 11 is 6.12. The number of halogens is 1. The van der Waals surface area contributed by atoms with Gasteiger partial charge in [0.2, 0.25) is 0 Å². The van der Waals surface area contributed by atoms with Gasteiger partial charge in [-0.25, -0.2) is 0 Å². The largest absolute Gasteiger partial charge is 0.380 e. The minimum absolute atomic E-state index is 0.507. The highest BCUT2D eigenvalue weighted by molar-refractivity contribution is 6.33. The minimum atomic E-state index is 0.507. The number of aromatic nitrogens is 1. The van der Waals surface area contributed by atoms with Crippen molar-refractivity contribution >= 4 is 17.3 Å². The molecular weight excluding hydrogens is 256 g/mol. The second-order valence-electron chi connectivity index (χ2n) is 5.28. The lowest BCUT2D eigenvalue weighted by Gasteiger charge is -2.37. The lowest BCUT2D eigenvalue weighted by molar-refractivity contribution is 0.374. The van der Waals surface area contributed by atoms with Crippen LogP contribution in [0.2, 0.25) is 5.02 Å². The third-order valence-electron chi connectivity index (χ3n) is 3.81. The third kappa shape index (κ3) is 2.74. The van der Waals surface area contributed by atoms with E-state index in [0.29, 0.717) is 12.0 Å². The Kier molecular flexibility index (Phi) is 3.43. The van der Waals surface area contributed by atoms with Crippen molar-refractivity contribution in [2.24, 2.45) is 0 Å². The normalized spacial score (nSPS) is 21.8. The molecule has 1 heterocycles. The molecule has 0 saturated heterocycles. The number of nitrogens with zero attached hydrogens (tertiary/aromatic N) is 1. The molecule has 3 heteroatoms. The fourth-order valence-corrected chi connectivity index (χ4v) is 2.71. The lowest BCUT2D eigenvalue weighted by atomic mass is 9.75. The second-order valence-corrected chi connectivity index (χ2v) is 5.68. The average Bonchev–Trinajstić information content (AvgIpc) is 2.37. The molecule has 1 aliphatic carbocycles. The van der Waals surface area contributed by atoms with Gasteiger partial charge in [0.1, 0.15) is 0 Å². The average molecular weight is 273 g/mol. The molecule has 0 atom stereocenters.